The second kappa shape index (κ2) is 6.84. The molecule has 4 nitrogen and oxygen atoms in total. The zero-order chi connectivity index (χ0) is 14.5. The lowest BCUT2D eigenvalue weighted by atomic mass is 9.81. The van der Waals surface area contributed by atoms with Crippen LogP contribution in [0.2, 0.25) is 0 Å². The third kappa shape index (κ3) is 2.97. The van der Waals surface area contributed by atoms with Crippen molar-refractivity contribution in [2.75, 3.05) is 19.6 Å². The minimum Gasteiger partial charge on any atom is -0.309 e. The van der Waals surface area contributed by atoms with Crippen molar-refractivity contribution in [1.82, 2.24) is 20.2 Å². The quantitative estimate of drug-likeness (QED) is 0.904. The largest absolute Gasteiger partial charge is 0.309 e. The monoisotopic (exact) mass is 288 g/mol. The Kier molecular flexibility index (Phi) is 4.86. The molecule has 2 fully saturated rings. The average molecular weight is 288 g/mol. The Labute approximate surface area is 128 Å². The van der Waals surface area contributed by atoms with Gasteiger partial charge in [0, 0.05) is 23.5 Å². The molecule has 2 aliphatic rings. The van der Waals surface area contributed by atoms with E-state index in [1.54, 1.807) is 6.33 Å². The second-order valence-corrected chi connectivity index (χ2v) is 6.52. The Hall–Kier alpha value is -1.00. The van der Waals surface area contributed by atoms with Gasteiger partial charge in [-0.25, -0.2) is 9.97 Å². The van der Waals surface area contributed by atoms with Gasteiger partial charge in [0.1, 0.15) is 6.33 Å². The molecule has 1 saturated heterocycles. The topological polar surface area (TPSA) is 41.1 Å². The first kappa shape index (κ1) is 14.9. The highest BCUT2D eigenvalue weighted by molar-refractivity contribution is 5.19. The Bertz CT molecular complexity index is 422. The fourth-order valence-electron chi connectivity index (χ4n) is 4.40. The van der Waals surface area contributed by atoms with Gasteiger partial charge >= 0.3 is 0 Å². The van der Waals surface area contributed by atoms with E-state index >= 15 is 0 Å². The Balaban J connectivity index is 1.92. The molecule has 0 aromatic carbocycles. The highest BCUT2D eigenvalue weighted by atomic mass is 15.2. The van der Waals surface area contributed by atoms with Crippen molar-refractivity contribution in [1.29, 1.82) is 0 Å². The van der Waals surface area contributed by atoms with Crippen LogP contribution in [0, 0.1) is 0 Å². The summed E-state index contributed by atoms with van der Waals surface area (Å²) in [4.78, 5) is 11.3. The number of hydrogen-bond acceptors (Lipinski definition) is 4. The van der Waals surface area contributed by atoms with Gasteiger partial charge in [-0.05, 0) is 45.3 Å². The summed E-state index contributed by atoms with van der Waals surface area (Å²) in [5.41, 5.74) is 1.54. The fourth-order valence-corrected chi connectivity index (χ4v) is 4.40. The van der Waals surface area contributed by atoms with Gasteiger partial charge in [0.25, 0.3) is 0 Å². The number of aromatic nitrogens is 2. The van der Waals surface area contributed by atoms with E-state index in [0.717, 1.165) is 6.54 Å². The minimum absolute atomic E-state index is 0.279. The number of likely N-dealkylation sites (tertiary alicyclic amines) is 1. The van der Waals surface area contributed by atoms with E-state index in [-0.39, 0.29) is 5.54 Å². The Morgan fingerprint density at radius 1 is 1.10 bits per heavy atom. The molecule has 1 aliphatic carbocycles. The van der Waals surface area contributed by atoms with Crippen LogP contribution in [0.5, 0.6) is 0 Å². The molecule has 0 bridgehead atoms. The molecule has 0 amide bonds. The summed E-state index contributed by atoms with van der Waals surface area (Å²) in [6.07, 6.45) is 15.1. The van der Waals surface area contributed by atoms with Gasteiger partial charge in [0.05, 0.1) is 6.04 Å². The molecule has 4 heteroatoms. The normalized spacial score (nSPS) is 24.0. The van der Waals surface area contributed by atoms with Crippen LogP contribution in [0.25, 0.3) is 0 Å². The molecule has 1 N–H and O–H groups in total. The van der Waals surface area contributed by atoms with Crippen LogP contribution in [0.1, 0.15) is 63.5 Å². The molecule has 1 aromatic heterocycles. The van der Waals surface area contributed by atoms with Crippen molar-refractivity contribution in [3.63, 3.8) is 0 Å². The molecule has 21 heavy (non-hydrogen) atoms. The summed E-state index contributed by atoms with van der Waals surface area (Å²) in [7, 11) is 0. The Morgan fingerprint density at radius 2 is 1.76 bits per heavy atom. The SMILES string of the molecule is CCNC(c1cncnc1)C1(N2CCCCC2)CCCC1. The first-order valence-electron chi connectivity index (χ1n) is 8.60. The average Bonchev–Trinajstić information content (AvgIpc) is 3.05. The molecular formula is C17H28N4. The summed E-state index contributed by atoms with van der Waals surface area (Å²) in [6.45, 7) is 5.72. The lowest BCUT2D eigenvalue weighted by Gasteiger charge is -2.48. The van der Waals surface area contributed by atoms with E-state index < -0.39 is 0 Å². The molecule has 3 rings (SSSR count). The molecule has 1 aromatic rings. The van der Waals surface area contributed by atoms with Crippen LogP contribution < -0.4 is 5.32 Å². The van der Waals surface area contributed by atoms with Crippen LogP contribution in [0.3, 0.4) is 0 Å². The van der Waals surface area contributed by atoms with Crippen LogP contribution in [-0.2, 0) is 0 Å². The molecule has 1 unspecified atom stereocenters. The lowest BCUT2D eigenvalue weighted by molar-refractivity contribution is 0.0363. The van der Waals surface area contributed by atoms with Crippen molar-refractivity contribution < 1.29 is 0 Å². The second-order valence-electron chi connectivity index (χ2n) is 6.52. The molecule has 116 valence electrons. The predicted octanol–water partition coefficient (Wildman–Crippen LogP) is 2.93. The Morgan fingerprint density at radius 3 is 2.38 bits per heavy atom. The predicted molar refractivity (Wildman–Crippen MR) is 85.1 cm³/mol. The minimum atomic E-state index is 0.279. The molecule has 1 saturated carbocycles. The summed E-state index contributed by atoms with van der Waals surface area (Å²) in [6, 6.07) is 0.365. The van der Waals surface area contributed by atoms with E-state index in [0.29, 0.717) is 6.04 Å². The van der Waals surface area contributed by atoms with Crippen LogP contribution in [-0.4, -0.2) is 40.0 Å². The molecule has 2 heterocycles. The summed E-state index contributed by atoms with van der Waals surface area (Å²) >= 11 is 0. The van der Waals surface area contributed by atoms with Crippen molar-refractivity contribution >= 4 is 0 Å². The maximum absolute atomic E-state index is 4.27. The number of nitrogens with zero attached hydrogens (tertiary/aromatic N) is 3. The number of hydrogen-bond donors (Lipinski definition) is 1. The van der Waals surface area contributed by atoms with Gasteiger partial charge in [0.15, 0.2) is 0 Å². The van der Waals surface area contributed by atoms with E-state index in [1.807, 2.05) is 12.4 Å². The maximum Gasteiger partial charge on any atom is 0.115 e. The zero-order valence-electron chi connectivity index (χ0n) is 13.2. The standard InChI is InChI=1S/C17H28N4/c1-2-20-16(15-12-18-14-19-13-15)17(8-4-5-9-17)21-10-6-3-7-11-21/h12-14,16,20H,2-11H2,1H3. The van der Waals surface area contributed by atoms with Gasteiger partial charge in [-0.15, -0.1) is 0 Å². The van der Waals surface area contributed by atoms with Gasteiger partial charge in [-0.2, -0.15) is 0 Å². The first-order chi connectivity index (χ1) is 10.4. The summed E-state index contributed by atoms with van der Waals surface area (Å²) in [5, 5.41) is 3.76. The smallest absolute Gasteiger partial charge is 0.115 e. The third-order valence-corrected chi connectivity index (χ3v) is 5.31. The molecular weight excluding hydrogens is 260 g/mol. The zero-order valence-corrected chi connectivity index (χ0v) is 13.2. The highest BCUT2D eigenvalue weighted by Gasteiger charge is 2.46. The van der Waals surface area contributed by atoms with E-state index in [4.69, 9.17) is 0 Å². The number of rotatable bonds is 5. The van der Waals surface area contributed by atoms with Crippen molar-refractivity contribution in [3.05, 3.63) is 24.3 Å². The van der Waals surface area contributed by atoms with Gasteiger partial charge < -0.3 is 5.32 Å². The van der Waals surface area contributed by atoms with Gasteiger partial charge in [-0.3, -0.25) is 4.90 Å². The van der Waals surface area contributed by atoms with Crippen molar-refractivity contribution in [3.8, 4) is 0 Å². The number of nitrogens with one attached hydrogen (secondary N) is 1. The van der Waals surface area contributed by atoms with Crippen molar-refractivity contribution in [2.45, 2.75) is 63.5 Å². The van der Waals surface area contributed by atoms with Gasteiger partial charge in [-0.1, -0.05) is 26.2 Å². The lowest BCUT2D eigenvalue weighted by Crippen LogP contribution is -2.56. The van der Waals surface area contributed by atoms with Crippen LogP contribution in [0.15, 0.2) is 18.7 Å². The van der Waals surface area contributed by atoms with Crippen LogP contribution >= 0.6 is 0 Å². The number of likely N-dealkylation sites (N-methyl/N-ethyl adjacent to an activating group) is 1. The molecule has 1 atom stereocenters. The van der Waals surface area contributed by atoms with Gasteiger partial charge in [0.2, 0.25) is 0 Å². The molecule has 0 radical (unpaired) electrons. The molecule has 1 aliphatic heterocycles. The van der Waals surface area contributed by atoms with E-state index in [9.17, 15) is 0 Å². The summed E-state index contributed by atoms with van der Waals surface area (Å²) in [5.74, 6) is 0. The summed E-state index contributed by atoms with van der Waals surface area (Å²) < 4.78 is 0. The fraction of sp³-hybridized carbons (Fsp3) is 0.765. The maximum atomic E-state index is 4.27. The first-order valence-corrected chi connectivity index (χ1v) is 8.60. The number of piperidine rings is 1. The van der Waals surface area contributed by atoms with Crippen LogP contribution in [0.4, 0.5) is 0 Å². The molecule has 0 spiro atoms. The third-order valence-electron chi connectivity index (χ3n) is 5.31. The highest BCUT2D eigenvalue weighted by Crippen LogP contribution is 2.45. The van der Waals surface area contributed by atoms with Crippen molar-refractivity contribution in [2.24, 2.45) is 0 Å². The van der Waals surface area contributed by atoms with E-state index in [1.165, 1.54) is 63.6 Å². The van der Waals surface area contributed by atoms with E-state index in [2.05, 4.69) is 27.1 Å².